The van der Waals surface area contributed by atoms with E-state index in [0.29, 0.717) is 24.5 Å². The predicted molar refractivity (Wildman–Crippen MR) is 108 cm³/mol. The molecule has 0 bridgehead atoms. The molecular weight excluding hydrogens is 356 g/mol. The number of hydrogen-bond acceptors (Lipinski definition) is 4. The number of nitrogens with two attached hydrogens (primary N) is 1. The Bertz CT molecular complexity index is 950. The smallest absolute Gasteiger partial charge is 0.340 e. The third-order valence-electron chi connectivity index (χ3n) is 4.81. The lowest BCUT2D eigenvalue weighted by Crippen LogP contribution is -2.80. The maximum atomic E-state index is 12.4. The zero-order chi connectivity index (χ0) is 20.1. The number of hydrogen-bond donors (Lipinski definition) is 2. The minimum absolute atomic E-state index is 0.176. The van der Waals surface area contributed by atoms with Gasteiger partial charge in [0.1, 0.15) is 30.7 Å². The third-order valence-corrected chi connectivity index (χ3v) is 4.81. The average Bonchev–Trinajstić information content (AvgIpc) is 2.95. The zero-order valence-corrected chi connectivity index (χ0v) is 16.5. The number of aliphatic hydroxyl groups is 1. The van der Waals surface area contributed by atoms with E-state index in [1.165, 1.54) is 0 Å². The number of carbonyl (C=O) groups excluding carboxylic acids is 1. The number of benzene rings is 2. The molecule has 148 valence electrons. The summed E-state index contributed by atoms with van der Waals surface area (Å²) in [4.78, 5) is 12.4. The zero-order valence-electron chi connectivity index (χ0n) is 16.5. The summed E-state index contributed by atoms with van der Waals surface area (Å²) in [6.07, 6.45) is -0.613. The highest BCUT2D eigenvalue weighted by molar-refractivity contribution is 6.06. The highest BCUT2D eigenvalue weighted by atomic mass is 16.5. The van der Waals surface area contributed by atoms with Gasteiger partial charge in [0.2, 0.25) is 0 Å². The molecule has 0 unspecified atom stereocenters. The number of ether oxygens (including phenoxy) is 2. The van der Waals surface area contributed by atoms with Crippen LogP contribution in [0.15, 0.2) is 48.5 Å². The van der Waals surface area contributed by atoms with E-state index in [1.807, 2.05) is 72.4 Å². The number of rotatable bonds is 8. The van der Waals surface area contributed by atoms with Crippen molar-refractivity contribution in [2.24, 2.45) is 7.05 Å². The van der Waals surface area contributed by atoms with Crippen molar-refractivity contribution in [3.8, 4) is 5.75 Å². The number of para-hydroxylation sites is 1. The molecule has 0 aliphatic heterocycles. The quantitative estimate of drug-likeness (QED) is 0.462. The first kappa shape index (κ1) is 19.9. The molecule has 6 nitrogen and oxygen atoms in total. The highest BCUT2D eigenvalue weighted by Gasteiger charge is 2.20. The van der Waals surface area contributed by atoms with Gasteiger partial charge < -0.3 is 24.5 Å². The number of esters is 1. The Labute approximate surface area is 164 Å². The average molecular weight is 383 g/mol. The molecule has 3 aromatic rings. The van der Waals surface area contributed by atoms with Crippen molar-refractivity contribution in [2.75, 3.05) is 19.8 Å². The van der Waals surface area contributed by atoms with E-state index in [1.54, 1.807) is 6.92 Å². The summed E-state index contributed by atoms with van der Waals surface area (Å²) < 4.78 is 12.9. The van der Waals surface area contributed by atoms with Gasteiger partial charge in [0.05, 0.1) is 12.2 Å². The molecular formula is C22H27N2O4+. The Kier molecular flexibility index (Phi) is 6.34. The molecule has 3 N–H and O–H groups in total. The number of aliphatic hydroxyl groups excluding tert-OH is 1. The van der Waals surface area contributed by atoms with Crippen LogP contribution in [0.4, 0.5) is 5.69 Å². The number of aromatic nitrogens is 1. The van der Waals surface area contributed by atoms with E-state index in [4.69, 9.17) is 9.47 Å². The van der Waals surface area contributed by atoms with Crippen molar-refractivity contribution < 1.29 is 24.7 Å². The van der Waals surface area contributed by atoms with Crippen LogP contribution in [-0.2, 0) is 11.8 Å². The van der Waals surface area contributed by atoms with E-state index < -0.39 is 6.10 Å². The van der Waals surface area contributed by atoms with Crippen LogP contribution in [0.25, 0.3) is 10.9 Å². The molecule has 0 spiro atoms. The first-order valence-electron chi connectivity index (χ1n) is 9.46. The van der Waals surface area contributed by atoms with Crippen molar-refractivity contribution in [3.63, 3.8) is 0 Å². The molecule has 1 atom stereocenters. The molecule has 0 amide bonds. The van der Waals surface area contributed by atoms with E-state index in [2.05, 4.69) is 0 Å². The molecule has 0 saturated carbocycles. The van der Waals surface area contributed by atoms with Crippen LogP contribution in [-0.4, -0.2) is 41.5 Å². The maximum Gasteiger partial charge on any atom is 0.340 e. The lowest BCUT2D eigenvalue weighted by Gasteiger charge is -2.12. The SMILES string of the molecule is CCOC(=O)c1c(C)n(C)c2ccc(OC[C@H](O)C[NH2+]c3ccccc3)cc12. The third kappa shape index (κ3) is 4.35. The van der Waals surface area contributed by atoms with Crippen molar-refractivity contribution in [3.05, 3.63) is 59.8 Å². The van der Waals surface area contributed by atoms with Gasteiger partial charge in [0, 0.05) is 23.6 Å². The van der Waals surface area contributed by atoms with Crippen molar-refractivity contribution in [1.29, 1.82) is 0 Å². The molecule has 1 heterocycles. The number of fused-ring (bicyclic) bond motifs is 1. The fourth-order valence-electron chi connectivity index (χ4n) is 3.22. The van der Waals surface area contributed by atoms with E-state index in [-0.39, 0.29) is 12.6 Å². The first-order valence-corrected chi connectivity index (χ1v) is 9.46. The fraction of sp³-hybridized carbons (Fsp3) is 0.318. The van der Waals surface area contributed by atoms with E-state index >= 15 is 0 Å². The summed E-state index contributed by atoms with van der Waals surface area (Å²) in [6, 6.07) is 15.5. The maximum absolute atomic E-state index is 12.4. The Morgan fingerprint density at radius 2 is 1.96 bits per heavy atom. The number of quaternary nitrogens is 1. The Morgan fingerprint density at radius 1 is 1.21 bits per heavy atom. The molecule has 0 saturated heterocycles. The van der Waals surface area contributed by atoms with Crippen LogP contribution in [0.3, 0.4) is 0 Å². The molecule has 6 heteroatoms. The minimum atomic E-state index is -0.613. The molecule has 0 aliphatic carbocycles. The summed E-state index contributed by atoms with van der Waals surface area (Å²) in [5.74, 6) is 0.280. The molecule has 3 rings (SSSR count). The van der Waals surface area contributed by atoms with Crippen LogP contribution in [0.1, 0.15) is 23.0 Å². The number of aryl methyl sites for hydroxylation is 1. The van der Waals surface area contributed by atoms with Gasteiger partial charge in [-0.25, -0.2) is 4.79 Å². The van der Waals surface area contributed by atoms with Gasteiger partial charge in [-0.05, 0) is 44.2 Å². The van der Waals surface area contributed by atoms with Crippen molar-refractivity contribution in [2.45, 2.75) is 20.0 Å². The van der Waals surface area contributed by atoms with Gasteiger partial charge in [0.15, 0.2) is 0 Å². The van der Waals surface area contributed by atoms with Crippen molar-refractivity contribution in [1.82, 2.24) is 4.57 Å². The second-order valence-corrected chi connectivity index (χ2v) is 6.73. The van der Waals surface area contributed by atoms with E-state index in [9.17, 15) is 9.90 Å². The van der Waals surface area contributed by atoms with Gasteiger partial charge in [-0.1, -0.05) is 18.2 Å². The second-order valence-electron chi connectivity index (χ2n) is 6.73. The minimum Gasteiger partial charge on any atom is -0.491 e. The van der Waals surface area contributed by atoms with Crippen LogP contribution < -0.4 is 10.1 Å². The summed E-state index contributed by atoms with van der Waals surface area (Å²) in [5, 5.41) is 13.0. The van der Waals surface area contributed by atoms with E-state index in [0.717, 1.165) is 22.3 Å². The largest absolute Gasteiger partial charge is 0.491 e. The van der Waals surface area contributed by atoms with Gasteiger partial charge in [-0.2, -0.15) is 0 Å². The lowest BCUT2D eigenvalue weighted by molar-refractivity contribution is -0.580. The number of nitrogens with zero attached hydrogens (tertiary/aromatic N) is 1. The summed E-state index contributed by atoms with van der Waals surface area (Å²) in [7, 11) is 1.92. The molecule has 2 aromatic carbocycles. The second kappa shape index (κ2) is 8.91. The monoisotopic (exact) mass is 383 g/mol. The molecule has 28 heavy (non-hydrogen) atoms. The standard InChI is InChI=1S/C22H26N2O4/c1-4-27-22(26)21-15(2)24(3)20-11-10-18(12-19(20)21)28-14-17(25)13-23-16-8-6-5-7-9-16/h5-12,17,23,25H,4,13-14H2,1-3H3/p+1/t17-/m1/s1. The van der Waals surface area contributed by atoms with Crippen LogP contribution in [0.2, 0.25) is 0 Å². The summed E-state index contributed by atoms with van der Waals surface area (Å²) in [6.45, 7) is 4.70. The van der Waals surface area contributed by atoms with Gasteiger partial charge in [0.25, 0.3) is 0 Å². The summed E-state index contributed by atoms with van der Waals surface area (Å²) >= 11 is 0. The molecule has 0 aliphatic rings. The molecule has 0 fully saturated rings. The highest BCUT2D eigenvalue weighted by Crippen LogP contribution is 2.29. The van der Waals surface area contributed by atoms with Crippen LogP contribution in [0, 0.1) is 6.92 Å². The fourth-order valence-corrected chi connectivity index (χ4v) is 3.22. The topological polar surface area (TPSA) is 77.3 Å². The Morgan fingerprint density at radius 3 is 2.68 bits per heavy atom. The van der Waals surface area contributed by atoms with Crippen LogP contribution >= 0.6 is 0 Å². The predicted octanol–water partition coefficient (Wildman–Crippen LogP) is 2.30. The van der Waals surface area contributed by atoms with Gasteiger partial charge in [-0.3, -0.25) is 0 Å². The normalized spacial score (nSPS) is 12.1. The molecule has 1 aromatic heterocycles. The van der Waals surface area contributed by atoms with Crippen LogP contribution in [0.5, 0.6) is 5.75 Å². The number of carbonyl (C=O) groups is 1. The van der Waals surface area contributed by atoms with Gasteiger partial charge in [-0.15, -0.1) is 0 Å². The molecule has 0 radical (unpaired) electrons. The lowest BCUT2D eigenvalue weighted by atomic mass is 10.1. The Balaban J connectivity index is 1.69. The summed E-state index contributed by atoms with van der Waals surface area (Å²) in [5.41, 5.74) is 3.42. The Hall–Kier alpha value is -2.83. The first-order chi connectivity index (χ1) is 13.5. The van der Waals surface area contributed by atoms with Crippen molar-refractivity contribution >= 4 is 22.6 Å². The van der Waals surface area contributed by atoms with Gasteiger partial charge >= 0.3 is 5.97 Å².